The average Bonchev–Trinajstić information content (AvgIpc) is 2.26. The molecule has 0 radical (unpaired) electrons. The maximum Gasteiger partial charge on any atom is 0.212 e. The smallest absolute Gasteiger partial charge is 0.212 e. The van der Waals surface area contributed by atoms with E-state index >= 15 is 0 Å². The van der Waals surface area contributed by atoms with Gasteiger partial charge in [-0.05, 0) is 25.2 Å². The zero-order valence-electron chi connectivity index (χ0n) is 9.98. The van der Waals surface area contributed by atoms with E-state index in [0.717, 1.165) is 25.7 Å². The Kier molecular flexibility index (Phi) is 5.72. The average molecular weight is 249 g/mol. The molecule has 0 spiro atoms. The van der Waals surface area contributed by atoms with Crippen LogP contribution in [0.4, 0.5) is 0 Å². The quantitative estimate of drug-likeness (QED) is 0.744. The minimum atomic E-state index is -3.21. The van der Waals surface area contributed by atoms with Gasteiger partial charge in [0.1, 0.15) is 0 Å². The minimum absolute atomic E-state index is 0.125. The lowest BCUT2D eigenvalue weighted by molar-refractivity contribution is 0.253. The van der Waals surface area contributed by atoms with Crippen molar-refractivity contribution >= 4 is 10.0 Å². The highest BCUT2D eigenvalue weighted by Gasteiger charge is 2.23. The molecule has 5 heteroatoms. The third-order valence-corrected chi connectivity index (χ3v) is 4.84. The predicted molar refractivity (Wildman–Crippen MR) is 64.7 cm³/mol. The van der Waals surface area contributed by atoms with Gasteiger partial charge in [-0.25, -0.2) is 13.1 Å². The molecule has 0 aromatic heterocycles. The molecule has 0 amide bonds. The van der Waals surface area contributed by atoms with E-state index in [1.54, 1.807) is 0 Å². The fraction of sp³-hybridized carbons (Fsp3) is 1.00. The van der Waals surface area contributed by atoms with Crippen molar-refractivity contribution in [1.82, 2.24) is 4.72 Å². The molecule has 1 atom stereocenters. The van der Waals surface area contributed by atoms with Gasteiger partial charge >= 0.3 is 0 Å². The lowest BCUT2D eigenvalue weighted by Gasteiger charge is -2.22. The Labute approximate surface area is 98.5 Å². The molecule has 1 fully saturated rings. The number of aliphatic hydroxyl groups is 1. The van der Waals surface area contributed by atoms with Crippen LogP contribution in [0.2, 0.25) is 0 Å². The van der Waals surface area contributed by atoms with Crippen LogP contribution in [0.3, 0.4) is 0 Å². The highest BCUT2D eigenvalue weighted by Crippen LogP contribution is 2.24. The van der Waals surface area contributed by atoms with Gasteiger partial charge in [0.05, 0.1) is 12.4 Å². The summed E-state index contributed by atoms with van der Waals surface area (Å²) in [4.78, 5) is 0. The Bertz CT molecular complexity index is 280. The Morgan fingerprint density at radius 1 is 1.31 bits per heavy atom. The molecule has 2 N–H and O–H groups in total. The maximum absolute atomic E-state index is 11.8. The minimum Gasteiger partial charge on any atom is -0.395 e. The van der Waals surface area contributed by atoms with Gasteiger partial charge in [0.25, 0.3) is 0 Å². The Balaban J connectivity index is 2.43. The molecule has 1 aliphatic carbocycles. The lowest BCUT2D eigenvalue weighted by atomic mass is 9.91. The molecule has 0 saturated heterocycles. The SMILES string of the molecule is CCC(CO)NS(=O)(=O)CC1CCCCC1. The van der Waals surface area contributed by atoms with Gasteiger partial charge in [0, 0.05) is 6.04 Å². The molecule has 1 rings (SSSR count). The molecule has 4 nitrogen and oxygen atoms in total. The van der Waals surface area contributed by atoms with Crippen molar-refractivity contribution in [3.8, 4) is 0 Å². The Morgan fingerprint density at radius 2 is 1.94 bits per heavy atom. The van der Waals surface area contributed by atoms with Crippen LogP contribution in [0.25, 0.3) is 0 Å². The van der Waals surface area contributed by atoms with Crippen molar-refractivity contribution in [2.24, 2.45) is 5.92 Å². The Hall–Kier alpha value is -0.130. The third-order valence-electron chi connectivity index (χ3n) is 3.24. The summed E-state index contributed by atoms with van der Waals surface area (Å²) in [7, 11) is -3.21. The van der Waals surface area contributed by atoms with E-state index in [4.69, 9.17) is 5.11 Å². The normalized spacial score (nSPS) is 20.9. The van der Waals surface area contributed by atoms with Crippen molar-refractivity contribution in [3.05, 3.63) is 0 Å². The summed E-state index contributed by atoms with van der Waals surface area (Å²) in [6.45, 7) is 1.74. The van der Waals surface area contributed by atoms with Crippen LogP contribution < -0.4 is 4.72 Å². The van der Waals surface area contributed by atoms with E-state index in [9.17, 15) is 8.42 Å². The molecule has 0 heterocycles. The largest absolute Gasteiger partial charge is 0.395 e. The lowest BCUT2D eigenvalue weighted by Crippen LogP contribution is -2.40. The van der Waals surface area contributed by atoms with E-state index in [-0.39, 0.29) is 18.4 Å². The summed E-state index contributed by atoms with van der Waals surface area (Å²) in [6, 6.07) is -0.325. The molecule has 1 unspecified atom stereocenters. The zero-order valence-corrected chi connectivity index (χ0v) is 10.8. The van der Waals surface area contributed by atoms with Gasteiger partial charge in [-0.1, -0.05) is 26.2 Å². The van der Waals surface area contributed by atoms with Crippen LogP contribution in [0, 0.1) is 5.92 Å². The first-order valence-electron chi connectivity index (χ1n) is 6.18. The van der Waals surface area contributed by atoms with E-state index in [0.29, 0.717) is 12.3 Å². The van der Waals surface area contributed by atoms with Crippen molar-refractivity contribution in [2.45, 2.75) is 51.5 Å². The molecule has 0 aromatic carbocycles. The molecule has 96 valence electrons. The van der Waals surface area contributed by atoms with E-state index in [2.05, 4.69) is 4.72 Å². The van der Waals surface area contributed by atoms with Crippen LogP contribution in [-0.2, 0) is 10.0 Å². The predicted octanol–water partition coefficient (Wildman–Crippen LogP) is 1.26. The molecule has 1 saturated carbocycles. The summed E-state index contributed by atoms with van der Waals surface area (Å²) in [6.07, 6.45) is 6.21. The second-order valence-electron chi connectivity index (χ2n) is 4.69. The van der Waals surface area contributed by atoms with E-state index in [1.165, 1.54) is 6.42 Å². The molecule has 1 aliphatic rings. The first-order valence-corrected chi connectivity index (χ1v) is 7.83. The molecule has 0 bridgehead atoms. The monoisotopic (exact) mass is 249 g/mol. The van der Waals surface area contributed by atoms with Gasteiger partial charge in [0.2, 0.25) is 10.0 Å². The second-order valence-corrected chi connectivity index (χ2v) is 6.49. The van der Waals surface area contributed by atoms with Gasteiger partial charge in [-0.3, -0.25) is 0 Å². The molecular weight excluding hydrogens is 226 g/mol. The van der Waals surface area contributed by atoms with Crippen molar-refractivity contribution in [2.75, 3.05) is 12.4 Å². The highest BCUT2D eigenvalue weighted by molar-refractivity contribution is 7.89. The number of nitrogens with one attached hydrogen (secondary N) is 1. The number of sulfonamides is 1. The highest BCUT2D eigenvalue weighted by atomic mass is 32.2. The second kappa shape index (κ2) is 6.57. The first-order chi connectivity index (χ1) is 7.57. The van der Waals surface area contributed by atoms with Crippen LogP contribution >= 0.6 is 0 Å². The van der Waals surface area contributed by atoms with Crippen LogP contribution in [-0.4, -0.2) is 31.9 Å². The van der Waals surface area contributed by atoms with Crippen LogP contribution in [0.5, 0.6) is 0 Å². The molecule has 0 aliphatic heterocycles. The standard InChI is InChI=1S/C11H23NO3S/c1-2-11(8-13)12-16(14,15)9-10-6-4-3-5-7-10/h10-13H,2-9H2,1H3. The topological polar surface area (TPSA) is 66.4 Å². The summed E-state index contributed by atoms with van der Waals surface area (Å²) >= 11 is 0. The molecule has 16 heavy (non-hydrogen) atoms. The summed E-state index contributed by atoms with van der Waals surface area (Å²) in [5.41, 5.74) is 0. The van der Waals surface area contributed by atoms with Crippen LogP contribution in [0.15, 0.2) is 0 Å². The van der Waals surface area contributed by atoms with E-state index < -0.39 is 10.0 Å². The summed E-state index contributed by atoms with van der Waals surface area (Å²) < 4.78 is 26.2. The van der Waals surface area contributed by atoms with Crippen LogP contribution in [0.1, 0.15) is 45.4 Å². The van der Waals surface area contributed by atoms with Crippen molar-refractivity contribution in [3.63, 3.8) is 0 Å². The third kappa shape index (κ3) is 4.80. The van der Waals surface area contributed by atoms with Crippen molar-refractivity contribution < 1.29 is 13.5 Å². The number of rotatable bonds is 6. The Morgan fingerprint density at radius 3 is 2.44 bits per heavy atom. The van der Waals surface area contributed by atoms with E-state index in [1.807, 2.05) is 6.92 Å². The number of aliphatic hydroxyl groups excluding tert-OH is 1. The number of hydrogen-bond acceptors (Lipinski definition) is 3. The first kappa shape index (κ1) is 13.9. The van der Waals surface area contributed by atoms with Crippen molar-refractivity contribution in [1.29, 1.82) is 0 Å². The summed E-state index contributed by atoms with van der Waals surface area (Å²) in [5.74, 6) is 0.534. The molecule has 0 aromatic rings. The summed E-state index contributed by atoms with van der Waals surface area (Å²) in [5, 5.41) is 8.97. The van der Waals surface area contributed by atoms with Gasteiger partial charge in [0.15, 0.2) is 0 Å². The molecular formula is C11H23NO3S. The zero-order chi connectivity index (χ0) is 12.0. The fourth-order valence-corrected chi connectivity index (χ4v) is 4.02. The fourth-order valence-electron chi connectivity index (χ4n) is 2.22. The van der Waals surface area contributed by atoms with Gasteiger partial charge in [-0.15, -0.1) is 0 Å². The maximum atomic E-state index is 11.8. The van der Waals surface area contributed by atoms with Gasteiger partial charge in [-0.2, -0.15) is 0 Å². The number of hydrogen-bond donors (Lipinski definition) is 2. The van der Waals surface area contributed by atoms with Gasteiger partial charge < -0.3 is 5.11 Å².